The van der Waals surface area contributed by atoms with E-state index in [2.05, 4.69) is 38.3 Å². The predicted molar refractivity (Wildman–Crippen MR) is 122 cm³/mol. The summed E-state index contributed by atoms with van der Waals surface area (Å²) in [7, 11) is 1.95. The fourth-order valence-electron chi connectivity index (χ4n) is 2.93. The van der Waals surface area contributed by atoms with Crippen LogP contribution < -0.4 is 15.4 Å². The quantitative estimate of drug-likeness (QED) is 0.664. The van der Waals surface area contributed by atoms with Gasteiger partial charge in [-0.2, -0.15) is 0 Å². The number of nitrogens with zero attached hydrogens (tertiary/aromatic N) is 1. The van der Waals surface area contributed by atoms with Gasteiger partial charge in [0.2, 0.25) is 5.91 Å². The molecule has 2 amide bonds. The summed E-state index contributed by atoms with van der Waals surface area (Å²) in [6.07, 6.45) is 0. The summed E-state index contributed by atoms with van der Waals surface area (Å²) in [4.78, 5) is 26.8. The van der Waals surface area contributed by atoms with Gasteiger partial charge in [0.25, 0.3) is 5.91 Å². The fourth-order valence-corrected chi connectivity index (χ4v) is 2.93. The molecule has 0 heterocycles. The summed E-state index contributed by atoms with van der Waals surface area (Å²) < 4.78 is 5.40. The van der Waals surface area contributed by atoms with Crippen LogP contribution >= 0.6 is 0 Å². The largest absolute Gasteiger partial charge is 0.494 e. The van der Waals surface area contributed by atoms with Crippen LogP contribution in [0.2, 0.25) is 0 Å². The van der Waals surface area contributed by atoms with Gasteiger partial charge in [-0.25, -0.2) is 0 Å². The standard InChI is InChI=1S/C24H33N3O3/c1-7-30-21-14-12-20(13-15-21)26-23(29)18-8-10-19(11-9-18)25-22(28)16-27(6)17(2)24(3,4)5/h8-15,17H,7,16H2,1-6H3,(H,25,28)(H,26,29). The lowest BCUT2D eigenvalue weighted by Crippen LogP contribution is -2.43. The second-order valence-corrected chi connectivity index (χ2v) is 8.49. The van der Waals surface area contributed by atoms with Crippen LogP contribution in [-0.4, -0.2) is 43.0 Å². The zero-order chi connectivity index (χ0) is 22.3. The molecule has 0 fully saturated rings. The second-order valence-electron chi connectivity index (χ2n) is 8.49. The monoisotopic (exact) mass is 411 g/mol. The average molecular weight is 412 g/mol. The van der Waals surface area contributed by atoms with E-state index in [1.165, 1.54) is 0 Å². The van der Waals surface area contributed by atoms with Gasteiger partial charge in [0.15, 0.2) is 0 Å². The molecule has 0 saturated heterocycles. The summed E-state index contributed by atoms with van der Waals surface area (Å²) in [6, 6.07) is 14.3. The van der Waals surface area contributed by atoms with Crippen molar-refractivity contribution in [2.75, 3.05) is 30.8 Å². The highest BCUT2D eigenvalue weighted by Crippen LogP contribution is 2.23. The molecule has 30 heavy (non-hydrogen) atoms. The number of anilines is 2. The molecule has 6 nitrogen and oxygen atoms in total. The van der Waals surface area contributed by atoms with E-state index in [0.717, 1.165) is 5.75 Å². The number of benzene rings is 2. The van der Waals surface area contributed by atoms with Crippen molar-refractivity contribution in [3.05, 3.63) is 54.1 Å². The van der Waals surface area contributed by atoms with Crippen molar-refractivity contribution < 1.29 is 14.3 Å². The molecule has 0 aliphatic carbocycles. The lowest BCUT2D eigenvalue weighted by molar-refractivity contribution is -0.117. The van der Waals surface area contributed by atoms with Gasteiger partial charge in [0, 0.05) is 23.0 Å². The summed E-state index contributed by atoms with van der Waals surface area (Å²) in [5, 5.41) is 5.74. The summed E-state index contributed by atoms with van der Waals surface area (Å²) in [5.41, 5.74) is 1.96. The van der Waals surface area contributed by atoms with Crippen molar-refractivity contribution in [3.8, 4) is 5.75 Å². The van der Waals surface area contributed by atoms with Gasteiger partial charge in [0.05, 0.1) is 13.2 Å². The Bertz CT molecular complexity index is 839. The Balaban J connectivity index is 1.90. The van der Waals surface area contributed by atoms with Crippen molar-refractivity contribution in [1.82, 2.24) is 4.90 Å². The molecule has 0 saturated carbocycles. The van der Waals surface area contributed by atoms with E-state index in [0.29, 0.717) is 30.1 Å². The third-order valence-electron chi connectivity index (χ3n) is 5.16. The lowest BCUT2D eigenvalue weighted by Gasteiger charge is -2.34. The maximum absolute atomic E-state index is 12.4. The second kappa shape index (κ2) is 10.3. The zero-order valence-corrected chi connectivity index (χ0v) is 18.8. The molecule has 2 aromatic carbocycles. The van der Waals surface area contributed by atoms with E-state index in [9.17, 15) is 9.59 Å². The van der Waals surface area contributed by atoms with E-state index in [1.807, 2.05) is 31.0 Å². The molecule has 2 rings (SSSR count). The van der Waals surface area contributed by atoms with E-state index in [4.69, 9.17) is 4.74 Å². The smallest absolute Gasteiger partial charge is 0.255 e. The molecule has 162 valence electrons. The Morgan fingerprint density at radius 2 is 1.50 bits per heavy atom. The third kappa shape index (κ3) is 6.88. The molecular formula is C24H33N3O3. The lowest BCUT2D eigenvalue weighted by atomic mass is 9.87. The van der Waals surface area contributed by atoms with E-state index in [-0.39, 0.29) is 23.3 Å². The SMILES string of the molecule is CCOc1ccc(NC(=O)c2ccc(NC(=O)CN(C)C(C)C(C)(C)C)cc2)cc1. The summed E-state index contributed by atoms with van der Waals surface area (Å²) >= 11 is 0. The highest BCUT2D eigenvalue weighted by Gasteiger charge is 2.25. The topological polar surface area (TPSA) is 70.7 Å². The molecule has 0 radical (unpaired) electrons. The van der Waals surface area contributed by atoms with E-state index in [1.54, 1.807) is 36.4 Å². The number of carbonyl (C=O) groups is 2. The van der Waals surface area contributed by atoms with Crippen LogP contribution in [0.25, 0.3) is 0 Å². The first-order chi connectivity index (χ1) is 14.1. The molecule has 0 bridgehead atoms. The predicted octanol–water partition coefficient (Wildman–Crippen LogP) is 4.64. The number of nitrogens with one attached hydrogen (secondary N) is 2. The molecule has 1 unspecified atom stereocenters. The number of hydrogen-bond donors (Lipinski definition) is 2. The Labute approximate surface area is 179 Å². The van der Waals surface area contributed by atoms with Crippen molar-refractivity contribution in [3.63, 3.8) is 0 Å². The first-order valence-electron chi connectivity index (χ1n) is 10.2. The Hall–Kier alpha value is -2.86. The molecular weight excluding hydrogens is 378 g/mol. The number of amides is 2. The minimum absolute atomic E-state index is 0.0832. The fraction of sp³-hybridized carbons (Fsp3) is 0.417. The molecule has 6 heteroatoms. The molecule has 0 aliphatic rings. The highest BCUT2D eigenvalue weighted by atomic mass is 16.5. The van der Waals surface area contributed by atoms with Crippen LogP contribution in [0.1, 0.15) is 45.0 Å². The van der Waals surface area contributed by atoms with Crippen LogP contribution in [0.3, 0.4) is 0 Å². The Morgan fingerprint density at radius 1 is 0.967 bits per heavy atom. The maximum atomic E-state index is 12.4. The normalized spacial score (nSPS) is 12.4. The van der Waals surface area contributed by atoms with Gasteiger partial charge in [-0.3, -0.25) is 14.5 Å². The molecule has 0 aromatic heterocycles. The maximum Gasteiger partial charge on any atom is 0.255 e. The van der Waals surface area contributed by atoms with E-state index < -0.39 is 0 Å². The van der Waals surface area contributed by atoms with Gasteiger partial charge in [-0.1, -0.05) is 20.8 Å². The molecule has 2 N–H and O–H groups in total. The Kier molecular flexibility index (Phi) is 8.00. The molecule has 1 atom stereocenters. The van der Waals surface area contributed by atoms with Crippen LogP contribution in [0.4, 0.5) is 11.4 Å². The first-order valence-corrected chi connectivity index (χ1v) is 10.2. The number of likely N-dealkylation sites (N-methyl/N-ethyl adjacent to an activating group) is 1. The minimum atomic E-state index is -0.212. The van der Waals surface area contributed by atoms with Gasteiger partial charge in [0.1, 0.15) is 5.75 Å². The van der Waals surface area contributed by atoms with Crippen molar-refractivity contribution in [1.29, 1.82) is 0 Å². The molecule has 2 aromatic rings. The third-order valence-corrected chi connectivity index (χ3v) is 5.16. The van der Waals surface area contributed by atoms with Crippen LogP contribution in [0.15, 0.2) is 48.5 Å². The zero-order valence-electron chi connectivity index (χ0n) is 18.8. The Morgan fingerprint density at radius 3 is 2.03 bits per heavy atom. The van der Waals surface area contributed by atoms with Crippen LogP contribution in [0, 0.1) is 5.41 Å². The van der Waals surface area contributed by atoms with Crippen LogP contribution in [-0.2, 0) is 4.79 Å². The minimum Gasteiger partial charge on any atom is -0.494 e. The highest BCUT2D eigenvalue weighted by molar-refractivity contribution is 6.04. The number of carbonyl (C=O) groups excluding carboxylic acids is 2. The van der Waals surface area contributed by atoms with Gasteiger partial charge in [-0.15, -0.1) is 0 Å². The molecule has 0 spiro atoms. The van der Waals surface area contributed by atoms with Gasteiger partial charge < -0.3 is 15.4 Å². The van der Waals surface area contributed by atoms with Crippen molar-refractivity contribution in [2.45, 2.75) is 40.7 Å². The first kappa shape index (κ1) is 23.4. The van der Waals surface area contributed by atoms with E-state index >= 15 is 0 Å². The summed E-state index contributed by atoms with van der Waals surface area (Å²) in [6.45, 7) is 11.4. The van der Waals surface area contributed by atoms with Crippen LogP contribution in [0.5, 0.6) is 5.75 Å². The van der Waals surface area contributed by atoms with Crippen molar-refractivity contribution in [2.24, 2.45) is 5.41 Å². The van der Waals surface area contributed by atoms with Crippen molar-refractivity contribution >= 4 is 23.2 Å². The number of ether oxygens (including phenoxy) is 1. The summed E-state index contributed by atoms with van der Waals surface area (Å²) in [5.74, 6) is 0.467. The number of hydrogen-bond acceptors (Lipinski definition) is 4. The molecule has 0 aliphatic heterocycles. The van der Waals surface area contributed by atoms with Gasteiger partial charge in [-0.05, 0) is 74.8 Å². The average Bonchev–Trinajstić information content (AvgIpc) is 2.68. The van der Waals surface area contributed by atoms with Gasteiger partial charge >= 0.3 is 0 Å². The number of rotatable bonds is 8.